The zero-order valence-corrected chi connectivity index (χ0v) is 26.9. The van der Waals surface area contributed by atoms with E-state index in [1.54, 1.807) is 50.2 Å². The number of aliphatic hydroxyl groups is 1. The van der Waals surface area contributed by atoms with Crippen LogP contribution in [0.5, 0.6) is 17.2 Å². The number of rotatable bonds is 14. The van der Waals surface area contributed by atoms with Gasteiger partial charge < -0.3 is 34.7 Å². The number of non-ortho nitro benzene ring substituents is 1. The monoisotopic (exact) mass is 687 g/mol. The molecule has 3 aromatic rings. The number of halogens is 2. The van der Waals surface area contributed by atoms with Crippen LogP contribution in [-0.4, -0.2) is 54.8 Å². The number of nitro groups is 1. The molecule has 47 heavy (non-hydrogen) atoms. The summed E-state index contributed by atoms with van der Waals surface area (Å²) in [6, 6.07) is 12.6. The molecule has 0 aliphatic carbocycles. The average Bonchev–Trinajstić information content (AvgIpc) is 3.03. The highest BCUT2D eigenvalue weighted by atomic mass is 35.5. The van der Waals surface area contributed by atoms with Crippen LogP contribution in [0.2, 0.25) is 10.0 Å². The molecule has 0 bridgehead atoms. The van der Waals surface area contributed by atoms with Crippen molar-refractivity contribution in [3.05, 3.63) is 103 Å². The molecule has 4 N–H and O–H groups in total. The Morgan fingerprint density at radius 3 is 2.55 bits per heavy atom. The van der Waals surface area contributed by atoms with E-state index in [9.17, 15) is 24.8 Å². The number of hydrogen-bond donors (Lipinski definition) is 4. The van der Waals surface area contributed by atoms with Gasteiger partial charge in [-0.05, 0) is 61.4 Å². The summed E-state index contributed by atoms with van der Waals surface area (Å²) in [5.74, 6) is 0.275. The van der Waals surface area contributed by atoms with Gasteiger partial charge in [0.15, 0.2) is 17.7 Å². The molecule has 4 rings (SSSR count). The lowest BCUT2D eigenvalue weighted by Gasteiger charge is -2.28. The SMILES string of the molecule is CCOc1cc([C@@H]2NC(=O)NC(C)=C2C(=O)OC)ccc1OC[C@H](O)N/N=C/c1cc(Cl)cc(Cl)c1OCc1ccc([N+](=O)[O-])cc1. The van der Waals surface area contributed by atoms with Crippen LogP contribution in [0.15, 0.2) is 71.0 Å². The molecule has 0 saturated carbocycles. The molecule has 0 radical (unpaired) electrons. The third kappa shape index (κ3) is 9.03. The van der Waals surface area contributed by atoms with Gasteiger partial charge in [0.25, 0.3) is 5.69 Å². The van der Waals surface area contributed by atoms with Gasteiger partial charge in [0.1, 0.15) is 19.0 Å². The molecular weight excluding hydrogens is 657 g/mol. The van der Waals surface area contributed by atoms with Crippen molar-refractivity contribution in [2.24, 2.45) is 5.10 Å². The Bertz CT molecular complexity index is 1700. The summed E-state index contributed by atoms with van der Waals surface area (Å²) in [7, 11) is 1.25. The summed E-state index contributed by atoms with van der Waals surface area (Å²) in [6.45, 7) is 3.50. The molecule has 1 aliphatic heterocycles. The molecule has 0 fully saturated rings. The van der Waals surface area contributed by atoms with E-state index < -0.39 is 29.2 Å². The van der Waals surface area contributed by atoms with Crippen molar-refractivity contribution in [2.75, 3.05) is 20.3 Å². The quantitative estimate of drug-likeness (QED) is 0.0591. The van der Waals surface area contributed by atoms with E-state index >= 15 is 0 Å². The van der Waals surface area contributed by atoms with Crippen molar-refractivity contribution in [2.45, 2.75) is 32.7 Å². The highest BCUT2D eigenvalue weighted by Crippen LogP contribution is 2.35. The van der Waals surface area contributed by atoms with Crippen LogP contribution in [-0.2, 0) is 16.1 Å². The molecule has 2 atom stereocenters. The summed E-state index contributed by atoms with van der Waals surface area (Å²) < 4.78 is 22.3. The molecule has 0 aromatic heterocycles. The Balaban J connectivity index is 1.42. The number of carbonyl (C=O) groups excluding carboxylic acids is 2. The molecule has 0 unspecified atom stereocenters. The largest absolute Gasteiger partial charge is 0.490 e. The molecule has 3 aromatic carbocycles. The van der Waals surface area contributed by atoms with Gasteiger partial charge >= 0.3 is 12.0 Å². The number of hydrogen-bond acceptors (Lipinski definition) is 11. The first kappa shape index (κ1) is 34.8. The molecule has 1 heterocycles. The van der Waals surface area contributed by atoms with E-state index in [4.69, 9.17) is 42.1 Å². The predicted octanol–water partition coefficient (Wildman–Crippen LogP) is 5.00. The van der Waals surface area contributed by atoms with Crippen molar-refractivity contribution in [3.8, 4) is 17.2 Å². The van der Waals surface area contributed by atoms with E-state index in [0.717, 1.165) is 0 Å². The fourth-order valence-electron chi connectivity index (χ4n) is 4.51. The van der Waals surface area contributed by atoms with E-state index in [1.807, 2.05) is 0 Å². The van der Waals surface area contributed by atoms with E-state index in [-0.39, 0.29) is 35.2 Å². The van der Waals surface area contributed by atoms with Gasteiger partial charge in [-0.1, -0.05) is 29.3 Å². The van der Waals surface area contributed by atoms with Gasteiger partial charge in [-0.25, -0.2) is 9.59 Å². The van der Waals surface area contributed by atoms with Crippen molar-refractivity contribution >= 4 is 47.1 Å². The second kappa shape index (κ2) is 16.0. The van der Waals surface area contributed by atoms with Gasteiger partial charge in [-0.15, -0.1) is 0 Å². The fraction of sp³-hybridized carbons (Fsp3) is 0.258. The summed E-state index contributed by atoms with van der Waals surface area (Å²) in [5.41, 5.74) is 4.73. The second-order valence-corrected chi connectivity index (χ2v) is 10.8. The minimum Gasteiger partial charge on any atom is -0.490 e. The Labute approximate surface area is 279 Å². The van der Waals surface area contributed by atoms with E-state index in [0.29, 0.717) is 45.5 Å². The number of ether oxygens (including phenoxy) is 4. The topological polar surface area (TPSA) is 183 Å². The average molecular weight is 689 g/mol. The van der Waals surface area contributed by atoms with Gasteiger partial charge in [0.05, 0.1) is 41.5 Å². The van der Waals surface area contributed by atoms with Crippen molar-refractivity contribution in [3.63, 3.8) is 0 Å². The highest BCUT2D eigenvalue weighted by molar-refractivity contribution is 6.36. The number of nitrogens with one attached hydrogen (secondary N) is 3. The molecule has 14 nitrogen and oxygen atoms in total. The first-order valence-electron chi connectivity index (χ1n) is 14.1. The number of allylic oxidation sites excluding steroid dienone is 1. The number of hydrazone groups is 1. The van der Waals surface area contributed by atoms with Crippen molar-refractivity contribution in [1.29, 1.82) is 0 Å². The maximum atomic E-state index is 12.5. The standard InChI is InChI=1S/C31H31Cl2N5O9/c1-4-45-25-12-19(28-27(30(40)44-3)17(2)35-31(41)36-28)7-10-24(25)46-16-26(39)37-34-14-20-11-21(32)13-23(33)29(20)47-15-18-5-8-22(9-6-18)38(42)43/h5-14,26,28,37,39H,4,15-16H2,1-3H3,(H2,35,36,41)/b34-14+/t26-,28-/m0/s1. The maximum absolute atomic E-state index is 12.5. The zero-order chi connectivity index (χ0) is 34.1. The molecule has 0 spiro atoms. The molecule has 1 aliphatic rings. The first-order valence-corrected chi connectivity index (χ1v) is 14.8. The number of nitro benzene ring substituents is 1. The molecule has 0 saturated heterocycles. The summed E-state index contributed by atoms with van der Waals surface area (Å²) >= 11 is 12.5. The number of urea groups is 1. The normalized spacial score (nSPS) is 15.0. The van der Waals surface area contributed by atoms with Gasteiger partial charge in [-0.2, -0.15) is 5.10 Å². The summed E-state index contributed by atoms with van der Waals surface area (Å²) in [4.78, 5) is 35.0. The van der Waals surface area contributed by atoms with Crippen LogP contribution in [0.1, 0.15) is 36.6 Å². The minimum atomic E-state index is -1.26. The number of methoxy groups -OCH3 is 1. The number of esters is 1. The Morgan fingerprint density at radius 1 is 1.13 bits per heavy atom. The fourth-order valence-corrected chi connectivity index (χ4v) is 5.08. The summed E-state index contributed by atoms with van der Waals surface area (Å²) in [6.07, 6.45) is 0.0913. The van der Waals surface area contributed by atoms with Gasteiger partial charge in [0, 0.05) is 28.4 Å². The molecule has 16 heteroatoms. The van der Waals surface area contributed by atoms with Crippen LogP contribution < -0.4 is 30.3 Å². The molecule has 2 amide bonds. The van der Waals surface area contributed by atoms with Gasteiger partial charge in [-0.3, -0.25) is 15.5 Å². The predicted molar refractivity (Wildman–Crippen MR) is 173 cm³/mol. The number of carbonyl (C=O) groups is 2. The number of aliphatic hydroxyl groups excluding tert-OH is 1. The molecular formula is C31H31Cl2N5O9. The number of nitrogens with zero attached hydrogens (tertiary/aromatic N) is 2. The third-order valence-corrected chi connectivity index (χ3v) is 7.17. The van der Waals surface area contributed by atoms with Crippen LogP contribution in [0.3, 0.4) is 0 Å². The Hall–Kier alpha value is -5.05. The lowest BCUT2D eigenvalue weighted by atomic mass is 9.95. The summed E-state index contributed by atoms with van der Waals surface area (Å²) in [5, 5.41) is 31.3. The third-order valence-electron chi connectivity index (χ3n) is 6.67. The van der Waals surface area contributed by atoms with Crippen LogP contribution in [0.25, 0.3) is 0 Å². The van der Waals surface area contributed by atoms with Crippen molar-refractivity contribution < 1.29 is 38.6 Å². The smallest absolute Gasteiger partial charge is 0.337 e. The van der Waals surface area contributed by atoms with Crippen LogP contribution >= 0.6 is 23.2 Å². The molecule has 248 valence electrons. The zero-order valence-electron chi connectivity index (χ0n) is 25.4. The van der Waals surface area contributed by atoms with Crippen LogP contribution in [0.4, 0.5) is 10.5 Å². The first-order chi connectivity index (χ1) is 22.5. The van der Waals surface area contributed by atoms with Crippen molar-refractivity contribution in [1.82, 2.24) is 16.1 Å². The van der Waals surface area contributed by atoms with Crippen LogP contribution in [0, 0.1) is 10.1 Å². The number of benzene rings is 3. The Kier molecular flexibility index (Phi) is 11.8. The minimum absolute atomic E-state index is 0.0419. The lowest BCUT2D eigenvalue weighted by molar-refractivity contribution is -0.384. The number of amides is 2. The lowest BCUT2D eigenvalue weighted by Crippen LogP contribution is -2.45. The van der Waals surface area contributed by atoms with E-state index in [2.05, 4.69) is 21.2 Å². The highest BCUT2D eigenvalue weighted by Gasteiger charge is 2.32. The maximum Gasteiger partial charge on any atom is 0.337 e. The second-order valence-electron chi connectivity index (χ2n) is 9.93. The van der Waals surface area contributed by atoms with Gasteiger partial charge in [0.2, 0.25) is 0 Å². The Morgan fingerprint density at radius 2 is 1.87 bits per heavy atom. The van der Waals surface area contributed by atoms with E-state index in [1.165, 1.54) is 31.5 Å².